The summed E-state index contributed by atoms with van der Waals surface area (Å²) in [5.41, 5.74) is 1.62. The van der Waals surface area contributed by atoms with Crippen LogP contribution in [-0.4, -0.2) is 6.54 Å². The molecule has 0 unspecified atom stereocenters. The highest BCUT2D eigenvalue weighted by atomic mass is 16.3. The van der Waals surface area contributed by atoms with E-state index in [9.17, 15) is 0 Å². The van der Waals surface area contributed by atoms with Crippen LogP contribution in [0.3, 0.4) is 0 Å². The smallest absolute Gasteiger partial charge is 0.117 e. The zero-order chi connectivity index (χ0) is 9.64. The summed E-state index contributed by atoms with van der Waals surface area (Å²) in [5.74, 6) is 1.02. The zero-order valence-electron chi connectivity index (χ0n) is 8.46. The Morgan fingerprint density at radius 1 is 1.43 bits per heavy atom. The molecule has 2 nitrogen and oxygen atoms in total. The molecule has 1 heterocycles. The molecule has 0 aliphatic heterocycles. The minimum Gasteiger partial charge on any atom is -0.468 e. The van der Waals surface area contributed by atoms with Gasteiger partial charge < -0.3 is 9.73 Å². The van der Waals surface area contributed by atoms with Crippen LogP contribution in [0.5, 0.6) is 0 Å². The van der Waals surface area contributed by atoms with Gasteiger partial charge in [-0.25, -0.2) is 0 Å². The summed E-state index contributed by atoms with van der Waals surface area (Å²) in [5, 5.41) is 3.38. The lowest BCUT2D eigenvalue weighted by Crippen LogP contribution is -2.14. The monoisotopic (exact) mass is 191 g/mol. The molecule has 0 saturated heterocycles. The zero-order valence-corrected chi connectivity index (χ0v) is 8.46. The maximum Gasteiger partial charge on any atom is 0.117 e. The van der Waals surface area contributed by atoms with Gasteiger partial charge in [-0.1, -0.05) is 11.6 Å². The van der Waals surface area contributed by atoms with Gasteiger partial charge >= 0.3 is 0 Å². The fourth-order valence-electron chi connectivity index (χ4n) is 1.84. The van der Waals surface area contributed by atoms with Crippen LogP contribution < -0.4 is 5.32 Å². The Hall–Kier alpha value is -1.02. The van der Waals surface area contributed by atoms with Crippen LogP contribution in [-0.2, 0) is 6.54 Å². The van der Waals surface area contributed by atoms with Crippen molar-refractivity contribution in [3.63, 3.8) is 0 Å². The molecule has 0 amide bonds. The second-order valence-corrected chi connectivity index (χ2v) is 3.76. The molecule has 0 saturated carbocycles. The third kappa shape index (κ3) is 2.74. The Labute approximate surface area is 85.0 Å². The molecular formula is C12H17NO. The first kappa shape index (κ1) is 9.53. The predicted octanol–water partition coefficient (Wildman–Crippen LogP) is 2.87. The van der Waals surface area contributed by atoms with Gasteiger partial charge in [0.2, 0.25) is 0 Å². The number of hydrogen-bond acceptors (Lipinski definition) is 2. The van der Waals surface area contributed by atoms with Crippen molar-refractivity contribution in [2.45, 2.75) is 32.2 Å². The molecule has 0 atom stereocenters. The van der Waals surface area contributed by atoms with Crippen LogP contribution in [0.2, 0.25) is 0 Å². The van der Waals surface area contributed by atoms with Crippen molar-refractivity contribution in [3.8, 4) is 0 Å². The lowest BCUT2D eigenvalue weighted by molar-refractivity contribution is 0.484. The van der Waals surface area contributed by atoms with Crippen molar-refractivity contribution < 1.29 is 4.42 Å². The minimum atomic E-state index is 0.848. The highest BCUT2D eigenvalue weighted by Crippen LogP contribution is 2.19. The molecular weight excluding hydrogens is 174 g/mol. The van der Waals surface area contributed by atoms with Gasteiger partial charge in [0.15, 0.2) is 0 Å². The van der Waals surface area contributed by atoms with Gasteiger partial charge in [0, 0.05) is 0 Å². The number of furan rings is 1. The molecule has 1 aliphatic carbocycles. The normalized spacial score (nSPS) is 15.9. The molecule has 76 valence electrons. The van der Waals surface area contributed by atoms with Gasteiger partial charge in [-0.2, -0.15) is 0 Å². The van der Waals surface area contributed by atoms with Gasteiger partial charge in [-0.15, -0.1) is 0 Å². The Balaban J connectivity index is 1.59. The standard InChI is InChI=1S/C12H17NO/c1-2-5-11(4-1)7-8-13-10-12-6-3-9-14-12/h3-4,6,9,13H,1-2,5,7-8,10H2. The fourth-order valence-corrected chi connectivity index (χ4v) is 1.84. The van der Waals surface area contributed by atoms with E-state index in [1.54, 1.807) is 11.8 Å². The molecule has 0 fully saturated rings. The summed E-state index contributed by atoms with van der Waals surface area (Å²) in [4.78, 5) is 0. The highest BCUT2D eigenvalue weighted by molar-refractivity contribution is 5.07. The van der Waals surface area contributed by atoms with Crippen molar-refractivity contribution in [2.75, 3.05) is 6.54 Å². The second kappa shape index (κ2) is 5.01. The molecule has 0 bridgehead atoms. The van der Waals surface area contributed by atoms with Crippen LogP contribution in [0.15, 0.2) is 34.5 Å². The first-order chi connectivity index (χ1) is 6.95. The Morgan fingerprint density at radius 3 is 3.14 bits per heavy atom. The third-order valence-corrected chi connectivity index (χ3v) is 2.64. The van der Waals surface area contributed by atoms with Crippen LogP contribution in [0.1, 0.15) is 31.4 Å². The molecule has 2 rings (SSSR count). The number of rotatable bonds is 5. The molecule has 1 aromatic heterocycles. The molecule has 2 heteroatoms. The molecule has 14 heavy (non-hydrogen) atoms. The Kier molecular flexibility index (Phi) is 3.41. The number of allylic oxidation sites excluding steroid dienone is 1. The van der Waals surface area contributed by atoms with E-state index >= 15 is 0 Å². The van der Waals surface area contributed by atoms with Crippen LogP contribution in [0.25, 0.3) is 0 Å². The van der Waals surface area contributed by atoms with Gasteiger partial charge in [-0.3, -0.25) is 0 Å². The van der Waals surface area contributed by atoms with E-state index in [-0.39, 0.29) is 0 Å². The van der Waals surface area contributed by atoms with Gasteiger partial charge in [0.1, 0.15) is 5.76 Å². The van der Waals surface area contributed by atoms with E-state index in [1.165, 1.54) is 25.7 Å². The molecule has 0 aromatic carbocycles. The van der Waals surface area contributed by atoms with Crippen LogP contribution in [0, 0.1) is 0 Å². The van der Waals surface area contributed by atoms with Crippen molar-refractivity contribution in [1.29, 1.82) is 0 Å². The largest absolute Gasteiger partial charge is 0.468 e. The minimum absolute atomic E-state index is 0.848. The van der Waals surface area contributed by atoms with E-state index in [0.29, 0.717) is 0 Å². The molecule has 1 aromatic rings. The van der Waals surface area contributed by atoms with Crippen molar-refractivity contribution in [2.24, 2.45) is 0 Å². The van der Waals surface area contributed by atoms with Gasteiger partial charge in [0.25, 0.3) is 0 Å². The first-order valence-electron chi connectivity index (χ1n) is 5.36. The highest BCUT2D eigenvalue weighted by Gasteiger charge is 2.03. The fraction of sp³-hybridized carbons (Fsp3) is 0.500. The molecule has 1 N–H and O–H groups in total. The van der Waals surface area contributed by atoms with Crippen LogP contribution in [0.4, 0.5) is 0 Å². The second-order valence-electron chi connectivity index (χ2n) is 3.76. The Morgan fingerprint density at radius 2 is 2.43 bits per heavy atom. The quantitative estimate of drug-likeness (QED) is 0.572. The average Bonchev–Trinajstić information content (AvgIpc) is 2.86. The molecule has 0 spiro atoms. The summed E-state index contributed by atoms with van der Waals surface area (Å²) in [6.07, 6.45) is 9.25. The average molecular weight is 191 g/mol. The summed E-state index contributed by atoms with van der Waals surface area (Å²) >= 11 is 0. The topological polar surface area (TPSA) is 25.2 Å². The van der Waals surface area contributed by atoms with Gasteiger partial charge in [0.05, 0.1) is 12.8 Å². The maximum absolute atomic E-state index is 5.23. The summed E-state index contributed by atoms with van der Waals surface area (Å²) in [6, 6.07) is 3.93. The third-order valence-electron chi connectivity index (χ3n) is 2.64. The van der Waals surface area contributed by atoms with E-state index in [1.807, 2.05) is 12.1 Å². The SMILES string of the molecule is C1=C(CCNCc2ccco2)CCC1. The number of hydrogen-bond donors (Lipinski definition) is 1. The summed E-state index contributed by atoms with van der Waals surface area (Å²) in [6.45, 7) is 1.91. The van der Waals surface area contributed by atoms with E-state index < -0.39 is 0 Å². The molecule has 0 radical (unpaired) electrons. The van der Waals surface area contributed by atoms with Crippen LogP contribution >= 0.6 is 0 Å². The predicted molar refractivity (Wildman–Crippen MR) is 57.0 cm³/mol. The number of nitrogens with one attached hydrogen (secondary N) is 1. The van der Waals surface area contributed by atoms with Crippen molar-refractivity contribution >= 4 is 0 Å². The lowest BCUT2D eigenvalue weighted by atomic mass is 10.2. The van der Waals surface area contributed by atoms with E-state index in [0.717, 1.165) is 18.8 Å². The van der Waals surface area contributed by atoms with Crippen molar-refractivity contribution in [3.05, 3.63) is 35.8 Å². The van der Waals surface area contributed by atoms with Gasteiger partial charge in [-0.05, 0) is 44.4 Å². The van der Waals surface area contributed by atoms with E-state index in [4.69, 9.17) is 4.42 Å². The summed E-state index contributed by atoms with van der Waals surface area (Å²) in [7, 11) is 0. The first-order valence-corrected chi connectivity index (χ1v) is 5.36. The van der Waals surface area contributed by atoms with Crippen molar-refractivity contribution in [1.82, 2.24) is 5.32 Å². The van der Waals surface area contributed by atoms with E-state index in [2.05, 4.69) is 11.4 Å². The maximum atomic E-state index is 5.23. The lowest BCUT2D eigenvalue weighted by Gasteiger charge is -2.03. The summed E-state index contributed by atoms with van der Waals surface area (Å²) < 4.78 is 5.23. The molecule has 1 aliphatic rings. The Bertz CT molecular complexity index is 287.